The number of aliphatic hydroxyl groups excluding tert-OH is 1. The molecule has 13 heteroatoms. The van der Waals surface area contributed by atoms with Crippen LogP contribution in [0, 0.1) is 0 Å². The molecule has 0 saturated heterocycles. The zero-order chi connectivity index (χ0) is 25.8. The van der Waals surface area contributed by atoms with Crippen molar-refractivity contribution in [2.75, 3.05) is 17.8 Å². The second kappa shape index (κ2) is 14.7. The molecule has 0 heterocycles. The van der Waals surface area contributed by atoms with Crippen molar-refractivity contribution in [3.8, 4) is 5.75 Å². The van der Waals surface area contributed by atoms with Crippen molar-refractivity contribution >= 4 is 48.1 Å². The number of phenols is 1. The molecule has 0 bridgehead atoms. The number of aliphatic carboxylic acids is 1. The van der Waals surface area contributed by atoms with Crippen LogP contribution in [0.4, 0.5) is 0 Å². The second-order valence-corrected chi connectivity index (χ2v) is 8.98. The summed E-state index contributed by atoms with van der Waals surface area (Å²) in [5, 5.41) is 35.6. The smallest absolute Gasteiger partial charge is 0.328 e. The van der Waals surface area contributed by atoms with E-state index in [9.17, 15) is 34.5 Å². The van der Waals surface area contributed by atoms with Gasteiger partial charge in [0.05, 0.1) is 12.1 Å². The van der Waals surface area contributed by atoms with Crippen molar-refractivity contribution < 1.29 is 34.5 Å². The lowest BCUT2D eigenvalue weighted by Gasteiger charge is -2.25. The first kappa shape index (κ1) is 29.6. The Hall–Kier alpha value is -2.48. The highest BCUT2D eigenvalue weighted by Crippen LogP contribution is 2.12. The minimum atomic E-state index is -1.60. The van der Waals surface area contributed by atoms with Crippen LogP contribution in [-0.2, 0) is 25.6 Å². The maximum absolute atomic E-state index is 12.9. The minimum absolute atomic E-state index is 0.00416. The number of nitrogens with two attached hydrogens (primary N) is 1. The first-order valence-corrected chi connectivity index (χ1v) is 12.5. The van der Waals surface area contributed by atoms with Crippen LogP contribution in [0.3, 0.4) is 0 Å². The summed E-state index contributed by atoms with van der Waals surface area (Å²) >= 11 is 5.63. The maximum Gasteiger partial charge on any atom is 0.328 e. The summed E-state index contributed by atoms with van der Waals surface area (Å²) < 4.78 is 0. The highest BCUT2D eigenvalue weighted by molar-refractivity contribution is 7.98. The second-order valence-electron chi connectivity index (χ2n) is 7.63. The van der Waals surface area contributed by atoms with E-state index in [0.29, 0.717) is 17.7 Å². The maximum atomic E-state index is 12.9. The molecule has 34 heavy (non-hydrogen) atoms. The number of carboxylic acids is 1. The molecular weight excluding hydrogens is 484 g/mol. The van der Waals surface area contributed by atoms with Gasteiger partial charge in [-0.05, 0) is 43.0 Å². The fraction of sp³-hybridized carbons (Fsp3) is 0.524. The number of benzene rings is 1. The highest BCUT2D eigenvalue weighted by atomic mass is 32.2. The van der Waals surface area contributed by atoms with Crippen LogP contribution in [0.15, 0.2) is 24.3 Å². The summed E-state index contributed by atoms with van der Waals surface area (Å²) in [6.07, 6.45) is 0.847. The number of rotatable bonds is 14. The van der Waals surface area contributed by atoms with Crippen LogP contribution in [0.5, 0.6) is 5.75 Å². The standard InChI is InChI=1S/C21H32N4O7S2/c1-11(26)17(21(31)32)25-19(29)15(9-12-3-5-13(27)6-4-12)23-20(30)16(10-33)24-18(28)14(22)7-8-34-2/h3-6,11,14-17,26-27,33H,7-10,22H2,1-2H3,(H,23,30)(H,24,28)(H,25,29)(H,31,32). The predicted molar refractivity (Wildman–Crippen MR) is 132 cm³/mol. The molecule has 1 aromatic rings. The highest BCUT2D eigenvalue weighted by Gasteiger charge is 2.31. The molecule has 1 rings (SSSR count). The Labute approximate surface area is 207 Å². The number of thiol groups is 1. The molecular formula is C21H32N4O7S2. The number of thioether (sulfide) groups is 1. The quantitative estimate of drug-likeness (QED) is 0.141. The molecule has 0 aliphatic rings. The summed E-state index contributed by atoms with van der Waals surface area (Å²) in [6.45, 7) is 1.21. The zero-order valence-electron chi connectivity index (χ0n) is 18.9. The van der Waals surface area contributed by atoms with Gasteiger partial charge in [0.25, 0.3) is 0 Å². The molecule has 8 N–H and O–H groups in total. The van der Waals surface area contributed by atoms with Gasteiger partial charge in [0.2, 0.25) is 17.7 Å². The Morgan fingerprint density at radius 2 is 1.59 bits per heavy atom. The fourth-order valence-corrected chi connectivity index (χ4v) is 3.59. The van der Waals surface area contributed by atoms with Gasteiger partial charge in [-0.1, -0.05) is 12.1 Å². The number of aromatic hydroxyl groups is 1. The first-order valence-electron chi connectivity index (χ1n) is 10.4. The number of carbonyl (C=O) groups excluding carboxylic acids is 3. The van der Waals surface area contributed by atoms with Gasteiger partial charge in [-0.2, -0.15) is 24.4 Å². The van der Waals surface area contributed by atoms with Gasteiger partial charge in [0.15, 0.2) is 6.04 Å². The van der Waals surface area contributed by atoms with E-state index in [2.05, 4.69) is 28.6 Å². The third-order valence-electron chi connectivity index (χ3n) is 4.84. The fourth-order valence-electron chi connectivity index (χ4n) is 2.84. The number of nitrogens with one attached hydrogen (secondary N) is 3. The molecule has 0 aliphatic carbocycles. The summed E-state index contributed by atoms with van der Waals surface area (Å²) in [6, 6.07) is 1.10. The third kappa shape index (κ3) is 9.79. The van der Waals surface area contributed by atoms with E-state index in [0.717, 1.165) is 0 Å². The van der Waals surface area contributed by atoms with Gasteiger partial charge in [-0.3, -0.25) is 14.4 Å². The molecule has 5 atom stereocenters. The Bertz CT molecular complexity index is 839. The minimum Gasteiger partial charge on any atom is -0.508 e. The number of phenolic OH excluding ortho intramolecular Hbond substituents is 1. The molecule has 3 amide bonds. The number of aliphatic hydroxyl groups is 1. The van der Waals surface area contributed by atoms with Crippen molar-refractivity contribution in [1.82, 2.24) is 16.0 Å². The molecule has 11 nitrogen and oxygen atoms in total. The van der Waals surface area contributed by atoms with Crippen LogP contribution in [0.1, 0.15) is 18.9 Å². The van der Waals surface area contributed by atoms with Crippen molar-refractivity contribution in [3.63, 3.8) is 0 Å². The van der Waals surface area contributed by atoms with E-state index in [1.807, 2.05) is 6.26 Å². The molecule has 0 fully saturated rings. The van der Waals surface area contributed by atoms with E-state index < -0.39 is 54.0 Å². The van der Waals surface area contributed by atoms with Crippen LogP contribution in [-0.4, -0.2) is 87.0 Å². The number of hydrogen-bond donors (Lipinski definition) is 8. The first-order chi connectivity index (χ1) is 16.0. The third-order valence-corrected chi connectivity index (χ3v) is 5.85. The van der Waals surface area contributed by atoms with Crippen LogP contribution in [0.2, 0.25) is 0 Å². The summed E-state index contributed by atoms with van der Waals surface area (Å²) in [7, 11) is 0. The molecule has 1 aromatic carbocycles. The number of hydrogen-bond acceptors (Lipinski definition) is 9. The van der Waals surface area contributed by atoms with Gasteiger partial charge < -0.3 is 37.0 Å². The number of carboxylic acid groups (broad SMARTS) is 1. The molecule has 190 valence electrons. The zero-order valence-corrected chi connectivity index (χ0v) is 20.6. The Morgan fingerprint density at radius 3 is 2.09 bits per heavy atom. The van der Waals surface area contributed by atoms with Crippen molar-refractivity contribution in [2.24, 2.45) is 5.73 Å². The van der Waals surface area contributed by atoms with Gasteiger partial charge in [-0.15, -0.1) is 0 Å². The van der Waals surface area contributed by atoms with E-state index in [1.54, 1.807) is 0 Å². The predicted octanol–water partition coefficient (Wildman–Crippen LogP) is -1.14. The topological polar surface area (TPSA) is 191 Å². The van der Waals surface area contributed by atoms with E-state index in [-0.39, 0.29) is 17.9 Å². The van der Waals surface area contributed by atoms with Crippen LogP contribution in [0.25, 0.3) is 0 Å². The van der Waals surface area contributed by atoms with Crippen molar-refractivity contribution in [3.05, 3.63) is 29.8 Å². The number of amides is 3. The van der Waals surface area contributed by atoms with Gasteiger partial charge in [-0.25, -0.2) is 4.79 Å². The van der Waals surface area contributed by atoms with Crippen LogP contribution < -0.4 is 21.7 Å². The average Bonchev–Trinajstić information content (AvgIpc) is 2.79. The summed E-state index contributed by atoms with van der Waals surface area (Å²) in [4.78, 5) is 49.4. The summed E-state index contributed by atoms with van der Waals surface area (Å²) in [5.41, 5.74) is 6.40. The van der Waals surface area contributed by atoms with Crippen molar-refractivity contribution in [2.45, 2.75) is 50.0 Å². The molecule has 0 saturated carbocycles. The Morgan fingerprint density at radius 1 is 1.03 bits per heavy atom. The molecule has 0 aromatic heterocycles. The molecule has 5 unspecified atom stereocenters. The average molecular weight is 517 g/mol. The van der Waals surface area contributed by atoms with Gasteiger partial charge in [0, 0.05) is 12.2 Å². The lowest BCUT2D eigenvalue weighted by molar-refractivity contribution is -0.145. The van der Waals surface area contributed by atoms with Gasteiger partial charge >= 0.3 is 5.97 Å². The van der Waals surface area contributed by atoms with E-state index >= 15 is 0 Å². The normalized spacial score (nSPS) is 15.3. The largest absolute Gasteiger partial charge is 0.508 e. The van der Waals surface area contributed by atoms with Crippen molar-refractivity contribution in [1.29, 1.82) is 0 Å². The number of carbonyl (C=O) groups is 4. The van der Waals surface area contributed by atoms with Gasteiger partial charge in [0.1, 0.15) is 17.8 Å². The van der Waals surface area contributed by atoms with E-state index in [4.69, 9.17) is 5.73 Å². The lowest BCUT2D eigenvalue weighted by Crippen LogP contribution is -2.59. The molecule has 0 aliphatic heterocycles. The SMILES string of the molecule is CSCCC(N)C(=O)NC(CS)C(=O)NC(Cc1ccc(O)cc1)C(=O)NC(C(=O)O)C(C)O. The van der Waals surface area contributed by atoms with Crippen LogP contribution >= 0.6 is 24.4 Å². The Kier molecular flexibility index (Phi) is 12.8. The Balaban J connectivity index is 3.02. The monoisotopic (exact) mass is 516 g/mol. The lowest BCUT2D eigenvalue weighted by atomic mass is 10.0. The molecule has 0 spiro atoms. The summed E-state index contributed by atoms with van der Waals surface area (Å²) in [5.74, 6) is -2.97. The van der Waals surface area contributed by atoms with E-state index in [1.165, 1.54) is 43.0 Å². The molecule has 0 radical (unpaired) electrons.